The molecule has 0 saturated carbocycles. The van der Waals surface area contributed by atoms with Crippen LogP contribution in [0, 0.1) is 0 Å². The van der Waals surface area contributed by atoms with Crippen molar-refractivity contribution in [3.05, 3.63) is 132 Å². The summed E-state index contributed by atoms with van der Waals surface area (Å²) >= 11 is 1.83. The van der Waals surface area contributed by atoms with Crippen LogP contribution < -0.4 is 0 Å². The zero-order valence-corrected chi connectivity index (χ0v) is 22.0. The number of hydrogen-bond acceptors (Lipinski definition) is 2. The smallest absolute Gasteiger partial charge is 0.0708 e. The Morgan fingerprint density at radius 2 is 1.61 bits per heavy atom. The van der Waals surface area contributed by atoms with Gasteiger partial charge in [0.25, 0.3) is 0 Å². The lowest BCUT2D eigenvalue weighted by atomic mass is 10.0. The third-order valence-corrected chi connectivity index (χ3v) is 8.21. The van der Waals surface area contributed by atoms with E-state index in [1.807, 2.05) is 36.5 Å². The van der Waals surface area contributed by atoms with E-state index in [0.717, 1.165) is 34.7 Å². The highest BCUT2D eigenvalue weighted by Gasteiger charge is 2.19. The Hall–Kier alpha value is -4.47. The quantitative estimate of drug-likeness (QED) is 0.212. The molecule has 0 amide bonds. The van der Waals surface area contributed by atoms with E-state index in [1.165, 1.54) is 42.7 Å². The van der Waals surface area contributed by atoms with E-state index >= 15 is 0 Å². The zero-order chi connectivity index (χ0) is 25.6. The second-order valence-electron chi connectivity index (χ2n) is 9.68. The SMILES string of the molecule is C=C1C=C(c2ccc(-n3c4ccccc4c4c5ccsc5c5ccccc5c43)cc2)N=C(/C=C\C=C/C)C1. The molecule has 4 aromatic carbocycles. The molecule has 0 aliphatic carbocycles. The van der Waals surface area contributed by atoms with Gasteiger partial charge < -0.3 is 4.57 Å². The maximum absolute atomic E-state index is 4.93. The first kappa shape index (κ1) is 22.7. The summed E-state index contributed by atoms with van der Waals surface area (Å²) in [7, 11) is 0. The summed E-state index contributed by atoms with van der Waals surface area (Å²) < 4.78 is 3.78. The third-order valence-electron chi connectivity index (χ3n) is 7.26. The van der Waals surface area contributed by atoms with Gasteiger partial charge in [0.1, 0.15) is 0 Å². The summed E-state index contributed by atoms with van der Waals surface area (Å²) in [6.07, 6.45) is 11.0. The Bertz CT molecular complexity index is 2010. The van der Waals surface area contributed by atoms with Crippen LogP contribution >= 0.6 is 11.3 Å². The second kappa shape index (κ2) is 9.13. The molecular weight excluding hydrogens is 480 g/mol. The van der Waals surface area contributed by atoms with Gasteiger partial charge in [-0.25, -0.2) is 0 Å². The molecule has 38 heavy (non-hydrogen) atoms. The number of hydrogen-bond donors (Lipinski definition) is 0. The first-order valence-electron chi connectivity index (χ1n) is 12.9. The van der Waals surface area contributed by atoms with Gasteiger partial charge >= 0.3 is 0 Å². The van der Waals surface area contributed by atoms with Crippen LogP contribution in [0.5, 0.6) is 0 Å². The lowest BCUT2D eigenvalue weighted by Crippen LogP contribution is -2.02. The van der Waals surface area contributed by atoms with Gasteiger partial charge in [0.05, 0.1) is 16.7 Å². The fraction of sp³-hybridized carbons (Fsp3) is 0.0571. The Labute approximate surface area is 225 Å². The Morgan fingerprint density at radius 3 is 2.42 bits per heavy atom. The van der Waals surface area contributed by atoms with Crippen molar-refractivity contribution in [2.24, 2.45) is 4.99 Å². The van der Waals surface area contributed by atoms with Crippen LogP contribution in [0.3, 0.4) is 0 Å². The number of aromatic nitrogens is 1. The second-order valence-corrected chi connectivity index (χ2v) is 10.6. The molecular formula is C35H26N2S. The van der Waals surface area contributed by atoms with E-state index in [-0.39, 0.29) is 0 Å². The highest BCUT2D eigenvalue weighted by molar-refractivity contribution is 7.18. The molecule has 1 aliphatic rings. The largest absolute Gasteiger partial charge is 0.309 e. The van der Waals surface area contributed by atoms with Crippen molar-refractivity contribution in [1.29, 1.82) is 0 Å². The molecule has 182 valence electrons. The molecule has 3 heterocycles. The average molecular weight is 507 g/mol. The van der Waals surface area contributed by atoms with E-state index in [0.29, 0.717) is 0 Å². The van der Waals surface area contributed by atoms with Crippen molar-refractivity contribution in [3.63, 3.8) is 0 Å². The summed E-state index contributed by atoms with van der Waals surface area (Å²) in [4.78, 5) is 4.93. The Balaban J connectivity index is 1.43. The lowest BCUT2D eigenvalue weighted by molar-refractivity contribution is 1.18. The first-order chi connectivity index (χ1) is 18.7. The molecule has 1 aliphatic heterocycles. The molecule has 3 heteroatoms. The lowest BCUT2D eigenvalue weighted by Gasteiger charge is -2.14. The van der Waals surface area contributed by atoms with Crippen LogP contribution in [0.25, 0.3) is 54.0 Å². The minimum atomic E-state index is 0.779. The van der Waals surface area contributed by atoms with E-state index in [9.17, 15) is 0 Å². The first-order valence-corrected chi connectivity index (χ1v) is 13.8. The van der Waals surface area contributed by atoms with E-state index in [4.69, 9.17) is 4.99 Å². The summed E-state index contributed by atoms with van der Waals surface area (Å²) in [6, 6.07) is 28.6. The number of aliphatic imine (C=N–C) groups is 1. The zero-order valence-electron chi connectivity index (χ0n) is 21.2. The van der Waals surface area contributed by atoms with Gasteiger partial charge in [-0.3, -0.25) is 4.99 Å². The predicted molar refractivity (Wildman–Crippen MR) is 167 cm³/mol. The van der Waals surface area contributed by atoms with Crippen LogP contribution in [-0.4, -0.2) is 10.3 Å². The molecule has 0 spiro atoms. The molecule has 7 rings (SSSR count). The molecule has 6 aromatic rings. The standard InChI is InChI=1S/C35H26N2S/c1-3-4-5-10-25-21-23(2)22-31(36-25)24-15-17-26(18-16-24)37-32-14-9-8-13-29(32)33-30-19-20-38-35(30)28-12-7-6-11-27(28)34(33)37/h3-20,22H,2,21H2,1H3/b4-3-,10-5-. The van der Waals surface area contributed by atoms with E-state index in [1.54, 1.807) is 0 Å². The van der Waals surface area contributed by atoms with Crippen molar-refractivity contribution in [3.8, 4) is 5.69 Å². The molecule has 0 radical (unpaired) electrons. The van der Waals surface area contributed by atoms with Gasteiger partial charge in [-0.1, -0.05) is 79.4 Å². The molecule has 0 N–H and O–H groups in total. The molecule has 2 aromatic heterocycles. The summed E-state index contributed by atoms with van der Waals surface area (Å²) in [5, 5.41) is 8.75. The molecule has 0 unspecified atom stereocenters. The van der Waals surface area contributed by atoms with Crippen LogP contribution in [0.15, 0.2) is 132 Å². The number of benzene rings is 4. The molecule has 0 saturated heterocycles. The normalized spacial score (nSPS) is 14.5. The summed E-state index contributed by atoms with van der Waals surface area (Å²) in [6.45, 7) is 6.25. The van der Waals surface area contributed by atoms with Crippen LogP contribution in [0.4, 0.5) is 0 Å². The Morgan fingerprint density at radius 1 is 0.842 bits per heavy atom. The van der Waals surface area contributed by atoms with Crippen molar-refractivity contribution >= 4 is 65.4 Å². The van der Waals surface area contributed by atoms with Gasteiger partial charge in [-0.2, -0.15) is 0 Å². The predicted octanol–water partition coefficient (Wildman–Crippen LogP) is 10.0. The molecule has 0 atom stereocenters. The van der Waals surface area contributed by atoms with Crippen molar-refractivity contribution < 1.29 is 0 Å². The highest BCUT2D eigenvalue weighted by Crippen LogP contribution is 2.44. The molecule has 2 nitrogen and oxygen atoms in total. The maximum atomic E-state index is 4.93. The molecule has 0 bridgehead atoms. The molecule has 0 fully saturated rings. The van der Waals surface area contributed by atoms with E-state index < -0.39 is 0 Å². The number of para-hydroxylation sites is 1. The van der Waals surface area contributed by atoms with Gasteiger partial charge in [-0.15, -0.1) is 11.3 Å². The van der Waals surface area contributed by atoms with Crippen LogP contribution in [0.1, 0.15) is 18.9 Å². The highest BCUT2D eigenvalue weighted by atomic mass is 32.1. The maximum Gasteiger partial charge on any atom is 0.0708 e. The number of thiophene rings is 1. The fourth-order valence-corrected chi connectivity index (χ4v) is 6.59. The van der Waals surface area contributed by atoms with Crippen molar-refractivity contribution in [2.45, 2.75) is 13.3 Å². The van der Waals surface area contributed by atoms with Crippen LogP contribution in [0.2, 0.25) is 0 Å². The monoisotopic (exact) mass is 506 g/mol. The fourth-order valence-electron chi connectivity index (χ4n) is 5.64. The van der Waals surface area contributed by atoms with Gasteiger partial charge in [0.15, 0.2) is 0 Å². The number of nitrogens with zero attached hydrogens (tertiary/aromatic N) is 2. The number of rotatable bonds is 4. The topological polar surface area (TPSA) is 17.3 Å². The van der Waals surface area contributed by atoms with Gasteiger partial charge in [-0.05, 0) is 54.3 Å². The minimum absolute atomic E-state index is 0.779. The van der Waals surface area contributed by atoms with Gasteiger partial charge in [0, 0.05) is 55.0 Å². The third kappa shape index (κ3) is 3.59. The minimum Gasteiger partial charge on any atom is -0.309 e. The van der Waals surface area contributed by atoms with Crippen LogP contribution in [-0.2, 0) is 0 Å². The number of allylic oxidation sites excluding steroid dienone is 6. The van der Waals surface area contributed by atoms with Crippen molar-refractivity contribution in [1.82, 2.24) is 4.57 Å². The number of fused-ring (bicyclic) bond motifs is 8. The summed E-state index contributed by atoms with van der Waals surface area (Å²) in [5.41, 5.74) is 7.79. The summed E-state index contributed by atoms with van der Waals surface area (Å²) in [5.74, 6) is 0. The van der Waals surface area contributed by atoms with E-state index in [2.05, 4.69) is 108 Å². The van der Waals surface area contributed by atoms with Crippen molar-refractivity contribution in [2.75, 3.05) is 0 Å². The van der Waals surface area contributed by atoms with Gasteiger partial charge in [0.2, 0.25) is 0 Å². The Kier molecular flexibility index (Phi) is 5.45. The average Bonchev–Trinajstić information content (AvgIpc) is 3.57.